The van der Waals surface area contributed by atoms with Gasteiger partial charge < -0.3 is 9.32 Å². The van der Waals surface area contributed by atoms with Crippen molar-refractivity contribution in [2.45, 2.75) is 0 Å². The molecule has 0 aliphatic rings. The molecule has 0 bridgehead atoms. The van der Waals surface area contributed by atoms with Gasteiger partial charge in [0.2, 0.25) is 5.89 Å². The van der Waals surface area contributed by atoms with Crippen molar-refractivity contribution in [2.24, 2.45) is 0 Å². The van der Waals surface area contributed by atoms with Crippen LogP contribution in [0, 0.1) is 11.3 Å². The molecule has 0 N–H and O–H groups in total. The first-order chi connectivity index (χ1) is 7.70. The number of benzene rings is 1. The molecule has 0 aliphatic carbocycles. The largest absolute Gasteiger partial charge is 0.435 e. The summed E-state index contributed by atoms with van der Waals surface area (Å²) in [5, 5.41) is 9.01. The third kappa shape index (κ3) is 1.89. The molecule has 0 saturated heterocycles. The monoisotopic (exact) mass is 213 g/mol. The van der Waals surface area contributed by atoms with E-state index in [1.165, 1.54) is 0 Å². The molecule has 16 heavy (non-hydrogen) atoms. The molecule has 0 spiro atoms. The second kappa shape index (κ2) is 4.07. The number of hydrogen-bond donors (Lipinski definition) is 0. The van der Waals surface area contributed by atoms with Crippen molar-refractivity contribution in [3.63, 3.8) is 0 Å². The van der Waals surface area contributed by atoms with E-state index in [0.29, 0.717) is 17.0 Å². The molecule has 0 unspecified atom stereocenters. The van der Waals surface area contributed by atoms with Crippen molar-refractivity contribution in [1.82, 2.24) is 9.88 Å². The number of para-hydroxylation sites is 2. The van der Waals surface area contributed by atoms with E-state index >= 15 is 0 Å². The number of allylic oxidation sites excluding steroid dienone is 1. The van der Waals surface area contributed by atoms with E-state index in [4.69, 9.17) is 9.68 Å². The molecule has 2 aromatic rings. The summed E-state index contributed by atoms with van der Waals surface area (Å²) in [5.74, 6) is 0.359. The summed E-state index contributed by atoms with van der Waals surface area (Å²) in [4.78, 5) is 6.04. The zero-order chi connectivity index (χ0) is 11.5. The average Bonchev–Trinajstić information content (AvgIpc) is 2.68. The summed E-state index contributed by atoms with van der Waals surface area (Å²) >= 11 is 0. The molecule has 0 aliphatic heterocycles. The number of hydrogen-bond acceptors (Lipinski definition) is 4. The molecule has 0 amide bonds. The fourth-order valence-electron chi connectivity index (χ4n) is 1.38. The predicted molar refractivity (Wildman–Crippen MR) is 61.3 cm³/mol. The van der Waals surface area contributed by atoms with Crippen LogP contribution in [0.2, 0.25) is 0 Å². The van der Waals surface area contributed by atoms with Gasteiger partial charge in [-0.15, -0.1) is 0 Å². The summed E-state index contributed by atoms with van der Waals surface area (Å²) in [6.07, 6.45) is 1.69. The molecule has 0 saturated carbocycles. The Bertz CT molecular complexity index is 542. The molecule has 4 nitrogen and oxygen atoms in total. The van der Waals surface area contributed by atoms with E-state index in [1.54, 1.807) is 11.1 Å². The topological polar surface area (TPSA) is 53.1 Å². The molecule has 4 heteroatoms. The minimum Gasteiger partial charge on any atom is -0.435 e. The molecule has 1 heterocycles. The van der Waals surface area contributed by atoms with Crippen LogP contribution in [-0.2, 0) is 0 Å². The predicted octanol–water partition coefficient (Wildman–Crippen LogP) is 2.25. The lowest BCUT2D eigenvalue weighted by Crippen LogP contribution is -2.02. The Hall–Kier alpha value is -2.28. The molecule has 0 fully saturated rings. The van der Waals surface area contributed by atoms with Crippen molar-refractivity contribution >= 4 is 16.7 Å². The number of oxazole rings is 1. The third-order valence-corrected chi connectivity index (χ3v) is 2.03. The van der Waals surface area contributed by atoms with Crippen LogP contribution in [0.25, 0.3) is 16.7 Å². The Balaban J connectivity index is 2.51. The fraction of sp³-hybridized carbons (Fsp3) is 0.167. The molecular weight excluding hydrogens is 202 g/mol. The fourth-order valence-corrected chi connectivity index (χ4v) is 1.38. The quantitative estimate of drug-likeness (QED) is 0.718. The summed E-state index contributed by atoms with van der Waals surface area (Å²) in [7, 11) is 3.69. The Kier molecular flexibility index (Phi) is 2.61. The summed E-state index contributed by atoms with van der Waals surface area (Å²) < 4.78 is 5.49. The zero-order valence-electron chi connectivity index (χ0n) is 9.14. The van der Waals surface area contributed by atoms with Gasteiger partial charge in [0.15, 0.2) is 5.58 Å². The Morgan fingerprint density at radius 1 is 1.44 bits per heavy atom. The highest BCUT2D eigenvalue weighted by atomic mass is 16.3. The zero-order valence-corrected chi connectivity index (χ0v) is 9.14. The first-order valence-electron chi connectivity index (χ1n) is 4.85. The van der Waals surface area contributed by atoms with Gasteiger partial charge in [-0.1, -0.05) is 12.1 Å². The number of aromatic nitrogens is 1. The van der Waals surface area contributed by atoms with Crippen LogP contribution in [0.5, 0.6) is 0 Å². The molecule has 0 atom stereocenters. The van der Waals surface area contributed by atoms with E-state index in [0.717, 1.165) is 5.52 Å². The van der Waals surface area contributed by atoms with Gasteiger partial charge in [0.1, 0.15) is 17.2 Å². The van der Waals surface area contributed by atoms with Crippen LogP contribution in [0.4, 0.5) is 0 Å². The van der Waals surface area contributed by atoms with Crippen LogP contribution in [0.3, 0.4) is 0 Å². The van der Waals surface area contributed by atoms with Crippen molar-refractivity contribution in [3.8, 4) is 6.07 Å². The summed E-state index contributed by atoms with van der Waals surface area (Å²) in [6.45, 7) is 0. The number of fused-ring (bicyclic) bond motifs is 1. The second-order valence-electron chi connectivity index (χ2n) is 3.60. The number of nitriles is 1. The van der Waals surface area contributed by atoms with Gasteiger partial charge in [-0.2, -0.15) is 5.26 Å². The standard InChI is InChI=1S/C12H11N3O/c1-15(2)8-9(7-13)12-14-10-5-3-4-6-11(10)16-12/h3-6,8H,1-2H3/b9-8-. The van der Waals surface area contributed by atoms with Gasteiger partial charge >= 0.3 is 0 Å². The molecule has 0 radical (unpaired) electrons. The molecular formula is C12H11N3O. The van der Waals surface area contributed by atoms with Crippen molar-refractivity contribution in [3.05, 3.63) is 36.4 Å². The highest BCUT2D eigenvalue weighted by molar-refractivity contribution is 5.79. The van der Waals surface area contributed by atoms with Crippen LogP contribution in [-0.4, -0.2) is 24.0 Å². The maximum atomic E-state index is 9.01. The number of rotatable bonds is 2. The van der Waals surface area contributed by atoms with Gasteiger partial charge in [-0.3, -0.25) is 0 Å². The van der Waals surface area contributed by atoms with E-state index in [-0.39, 0.29) is 0 Å². The van der Waals surface area contributed by atoms with E-state index < -0.39 is 0 Å². The minimum atomic E-state index is 0.359. The first kappa shape index (κ1) is 10.2. The lowest BCUT2D eigenvalue weighted by Gasteiger charge is -2.03. The van der Waals surface area contributed by atoms with Crippen molar-refractivity contribution in [2.75, 3.05) is 14.1 Å². The van der Waals surface area contributed by atoms with Gasteiger partial charge in [0.05, 0.1) is 0 Å². The highest BCUT2D eigenvalue weighted by Gasteiger charge is 2.10. The molecule has 2 rings (SSSR count). The summed E-state index contributed by atoms with van der Waals surface area (Å²) in [5.41, 5.74) is 1.87. The van der Waals surface area contributed by atoms with E-state index in [1.807, 2.05) is 38.4 Å². The number of nitrogens with zero attached hydrogens (tertiary/aromatic N) is 3. The Labute approximate surface area is 93.4 Å². The van der Waals surface area contributed by atoms with Crippen molar-refractivity contribution in [1.29, 1.82) is 5.26 Å². The minimum absolute atomic E-state index is 0.359. The summed E-state index contributed by atoms with van der Waals surface area (Å²) in [6, 6.07) is 9.52. The smallest absolute Gasteiger partial charge is 0.239 e. The Morgan fingerprint density at radius 2 is 2.19 bits per heavy atom. The van der Waals surface area contributed by atoms with Crippen molar-refractivity contribution < 1.29 is 4.42 Å². The third-order valence-electron chi connectivity index (χ3n) is 2.03. The maximum absolute atomic E-state index is 9.01. The van der Waals surface area contributed by atoms with Crippen LogP contribution < -0.4 is 0 Å². The van der Waals surface area contributed by atoms with Gasteiger partial charge in [-0.05, 0) is 12.1 Å². The lowest BCUT2D eigenvalue weighted by molar-refractivity contribution is 0.554. The van der Waals surface area contributed by atoms with Gasteiger partial charge in [-0.25, -0.2) is 4.98 Å². The molecule has 80 valence electrons. The van der Waals surface area contributed by atoms with Crippen LogP contribution in [0.1, 0.15) is 5.89 Å². The van der Waals surface area contributed by atoms with E-state index in [9.17, 15) is 0 Å². The molecule has 1 aromatic carbocycles. The highest BCUT2D eigenvalue weighted by Crippen LogP contribution is 2.20. The Morgan fingerprint density at radius 3 is 2.81 bits per heavy atom. The molecule has 1 aromatic heterocycles. The van der Waals surface area contributed by atoms with Crippen LogP contribution in [0.15, 0.2) is 34.9 Å². The average molecular weight is 213 g/mol. The van der Waals surface area contributed by atoms with Gasteiger partial charge in [0.25, 0.3) is 0 Å². The maximum Gasteiger partial charge on any atom is 0.239 e. The first-order valence-corrected chi connectivity index (χ1v) is 4.85. The lowest BCUT2D eigenvalue weighted by atomic mass is 10.3. The second-order valence-corrected chi connectivity index (χ2v) is 3.60. The van der Waals surface area contributed by atoms with E-state index in [2.05, 4.69) is 11.1 Å². The van der Waals surface area contributed by atoms with Crippen LogP contribution >= 0.6 is 0 Å². The normalized spacial score (nSPS) is 11.4. The van der Waals surface area contributed by atoms with Gasteiger partial charge in [0, 0.05) is 20.3 Å². The SMILES string of the molecule is CN(C)/C=C(/C#N)c1nc2ccccc2o1.